The van der Waals surface area contributed by atoms with Crippen LogP contribution in [0.2, 0.25) is 0 Å². The van der Waals surface area contributed by atoms with Crippen molar-refractivity contribution in [2.75, 3.05) is 25.7 Å². The summed E-state index contributed by atoms with van der Waals surface area (Å²) in [7, 11) is 3.74. The van der Waals surface area contributed by atoms with Gasteiger partial charge in [0.15, 0.2) is 0 Å². The Balaban J connectivity index is 2.12. The zero-order valence-corrected chi connectivity index (χ0v) is 12.7. The quantitative estimate of drug-likeness (QED) is 0.848. The number of rotatable bonds is 7. The maximum atomic E-state index is 9.35. The molecule has 0 aliphatic carbocycles. The maximum Gasteiger partial charge on any atom is 0.119 e. The summed E-state index contributed by atoms with van der Waals surface area (Å²) in [5.74, 6) is 0.855. The third kappa shape index (κ3) is 4.23. The summed E-state index contributed by atoms with van der Waals surface area (Å²) in [5, 5.41) is 9.35. The van der Waals surface area contributed by atoms with Gasteiger partial charge < -0.3 is 14.7 Å². The first-order chi connectivity index (χ1) is 10.2. The molecular weight excluding hydrogens is 262 g/mol. The fraction of sp³-hybridized carbons (Fsp3) is 0.333. The molecule has 112 valence electrons. The van der Waals surface area contributed by atoms with Crippen LogP contribution in [0.4, 0.5) is 5.69 Å². The van der Waals surface area contributed by atoms with Crippen LogP contribution in [0.5, 0.6) is 5.75 Å². The van der Waals surface area contributed by atoms with Gasteiger partial charge in [0.05, 0.1) is 7.11 Å². The number of methoxy groups -OCH3 is 1. The Labute approximate surface area is 126 Å². The first kappa shape index (κ1) is 15.4. The van der Waals surface area contributed by atoms with Gasteiger partial charge in [0.1, 0.15) is 5.75 Å². The molecule has 0 heterocycles. The number of hydrogen-bond donors (Lipinski definition) is 1. The number of ether oxygens (including phenoxy) is 1. The van der Waals surface area contributed by atoms with Crippen LogP contribution in [0.25, 0.3) is 0 Å². The Kier molecular flexibility index (Phi) is 5.64. The van der Waals surface area contributed by atoms with Gasteiger partial charge in [-0.1, -0.05) is 30.3 Å². The van der Waals surface area contributed by atoms with Crippen LogP contribution in [0.15, 0.2) is 54.6 Å². The van der Waals surface area contributed by atoms with Crippen LogP contribution in [0.3, 0.4) is 0 Å². The molecule has 0 aliphatic heterocycles. The molecule has 0 aromatic heterocycles. The maximum absolute atomic E-state index is 9.35. The van der Waals surface area contributed by atoms with E-state index >= 15 is 0 Å². The molecule has 2 aromatic rings. The largest absolute Gasteiger partial charge is 0.497 e. The van der Waals surface area contributed by atoms with Crippen molar-refractivity contribution < 1.29 is 9.84 Å². The van der Waals surface area contributed by atoms with Gasteiger partial charge >= 0.3 is 0 Å². The molecular formula is C18H23NO2. The van der Waals surface area contributed by atoms with Gasteiger partial charge in [-0.15, -0.1) is 0 Å². The van der Waals surface area contributed by atoms with Crippen LogP contribution < -0.4 is 9.64 Å². The van der Waals surface area contributed by atoms with E-state index in [2.05, 4.69) is 36.2 Å². The Morgan fingerprint density at radius 3 is 2.29 bits per heavy atom. The van der Waals surface area contributed by atoms with Crippen molar-refractivity contribution in [3.63, 3.8) is 0 Å². The zero-order chi connectivity index (χ0) is 15.1. The molecule has 21 heavy (non-hydrogen) atoms. The third-order valence-corrected chi connectivity index (χ3v) is 3.80. The average Bonchev–Trinajstić information content (AvgIpc) is 2.55. The third-order valence-electron chi connectivity index (χ3n) is 3.80. The molecule has 0 saturated carbocycles. The predicted molar refractivity (Wildman–Crippen MR) is 87.0 cm³/mol. The van der Waals surface area contributed by atoms with Gasteiger partial charge in [-0.3, -0.25) is 0 Å². The summed E-state index contributed by atoms with van der Waals surface area (Å²) in [6.07, 6.45) is 1.67. The van der Waals surface area contributed by atoms with Crippen molar-refractivity contribution in [2.45, 2.75) is 18.9 Å². The molecule has 3 heteroatoms. The van der Waals surface area contributed by atoms with E-state index in [4.69, 9.17) is 4.74 Å². The van der Waals surface area contributed by atoms with Gasteiger partial charge in [-0.05, 0) is 42.7 Å². The second-order valence-corrected chi connectivity index (χ2v) is 5.16. The lowest BCUT2D eigenvalue weighted by Crippen LogP contribution is -2.34. The molecule has 1 unspecified atom stereocenters. The minimum absolute atomic E-state index is 0.192. The molecule has 0 fully saturated rings. The van der Waals surface area contributed by atoms with Gasteiger partial charge in [-0.25, -0.2) is 0 Å². The second kappa shape index (κ2) is 7.70. The summed E-state index contributed by atoms with van der Waals surface area (Å²) in [5.41, 5.74) is 2.42. The monoisotopic (exact) mass is 285 g/mol. The summed E-state index contributed by atoms with van der Waals surface area (Å²) in [6, 6.07) is 18.7. The summed E-state index contributed by atoms with van der Waals surface area (Å²) in [6.45, 7) is 0.192. The predicted octanol–water partition coefficient (Wildman–Crippen LogP) is 3.13. The lowest BCUT2D eigenvalue weighted by atomic mass is 10.0. The molecule has 0 aliphatic rings. The van der Waals surface area contributed by atoms with Crippen LogP contribution in [0, 0.1) is 0 Å². The molecule has 0 saturated heterocycles. The SMILES string of the molecule is COc1ccc(N(C)C(CCO)Cc2ccccc2)cc1. The van der Waals surface area contributed by atoms with Crippen molar-refractivity contribution in [1.29, 1.82) is 0 Å². The average molecular weight is 285 g/mol. The Bertz CT molecular complexity index is 525. The molecule has 1 N–H and O–H groups in total. The highest BCUT2D eigenvalue weighted by atomic mass is 16.5. The van der Waals surface area contributed by atoms with E-state index in [1.165, 1.54) is 5.56 Å². The number of nitrogens with zero attached hydrogens (tertiary/aromatic N) is 1. The summed E-state index contributed by atoms with van der Waals surface area (Å²) < 4.78 is 5.19. The number of likely N-dealkylation sites (N-methyl/N-ethyl adjacent to an activating group) is 1. The Hall–Kier alpha value is -2.00. The van der Waals surface area contributed by atoms with Crippen molar-refractivity contribution in [3.05, 3.63) is 60.2 Å². The Morgan fingerprint density at radius 2 is 1.71 bits per heavy atom. The van der Waals surface area contributed by atoms with Crippen LogP contribution in [0.1, 0.15) is 12.0 Å². The van der Waals surface area contributed by atoms with Crippen molar-refractivity contribution in [1.82, 2.24) is 0 Å². The Morgan fingerprint density at radius 1 is 1.05 bits per heavy atom. The van der Waals surface area contributed by atoms with E-state index < -0.39 is 0 Å². The standard InChI is InChI=1S/C18H23NO2/c1-19(16-8-10-18(21-2)11-9-16)17(12-13-20)14-15-6-4-3-5-7-15/h3-11,17,20H,12-14H2,1-2H3. The van der Waals surface area contributed by atoms with Gasteiger partial charge in [0.2, 0.25) is 0 Å². The van der Waals surface area contributed by atoms with Gasteiger partial charge in [0, 0.05) is 25.4 Å². The first-order valence-electron chi connectivity index (χ1n) is 7.26. The minimum atomic E-state index is 0.192. The second-order valence-electron chi connectivity index (χ2n) is 5.16. The highest BCUT2D eigenvalue weighted by molar-refractivity contribution is 5.49. The van der Waals surface area contributed by atoms with Crippen molar-refractivity contribution in [2.24, 2.45) is 0 Å². The molecule has 0 spiro atoms. The highest BCUT2D eigenvalue weighted by Crippen LogP contribution is 2.22. The van der Waals surface area contributed by atoms with E-state index in [9.17, 15) is 5.11 Å². The fourth-order valence-electron chi connectivity index (χ4n) is 2.50. The molecule has 1 atom stereocenters. The van der Waals surface area contributed by atoms with Crippen molar-refractivity contribution in [3.8, 4) is 5.75 Å². The number of anilines is 1. The molecule has 0 radical (unpaired) electrons. The zero-order valence-electron chi connectivity index (χ0n) is 12.7. The smallest absolute Gasteiger partial charge is 0.119 e. The van der Waals surface area contributed by atoms with E-state index in [0.717, 1.165) is 24.3 Å². The lowest BCUT2D eigenvalue weighted by Gasteiger charge is -2.30. The highest BCUT2D eigenvalue weighted by Gasteiger charge is 2.15. The summed E-state index contributed by atoms with van der Waals surface area (Å²) >= 11 is 0. The molecule has 3 nitrogen and oxygen atoms in total. The van der Waals surface area contributed by atoms with E-state index in [-0.39, 0.29) is 12.6 Å². The topological polar surface area (TPSA) is 32.7 Å². The molecule has 2 aromatic carbocycles. The number of hydrogen-bond acceptors (Lipinski definition) is 3. The van der Waals surface area contributed by atoms with E-state index in [0.29, 0.717) is 0 Å². The number of aliphatic hydroxyl groups excluding tert-OH is 1. The molecule has 2 rings (SSSR count). The lowest BCUT2D eigenvalue weighted by molar-refractivity contribution is 0.273. The molecule has 0 bridgehead atoms. The van der Waals surface area contributed by atoms with Crippen LogP contribution in [-0.2, 0) is 6.42 Å². The minimum Gasteiger partial charge on any atom is -0.497 e. The summed E-state index contributed by atoms with van der Waals surface area (Å²) in [4.78, 5) is 2.22. The first-order valence-corrected chi connectivity index (χ1v) is 7.26. The van der Waals surface area contributed by atoms with Gasteiger partial charge in [-0.2, -0.15) is 0 Å². The van der Waals surface area contributed by atoms with Crippen molar-refractivity contribution >= 4 is 5.69 Å². The van der Waals surface area contributed by atoms with E-state index in [1.54, 1.807) is 7.11 Å². The van der Waals surface area contributed by atoms with Crippen LogP contribution in [-0.4, -0.2) is 31.9 Å². The van der Waals surface area contributed by atoms with Gasteiger partial charge in [0.25, 0.3) is 0 Å². The molecule has 0 amide bonds. The number of aliphatic hydroxyl groups is 1. The normalized spacial score (nSPS) is 12.0. The number of benzene rings is 2. The van der Waals surface area contributed by atoms with Crippen LogP contribution >= 0.6 is 0 Å². The fourth-order valence-corrected chi connectivity index (χ4v) is 2.50. The van der Waals surface area contributed by atoms with E-state index in [1.807, 2.05) is 30.3 Å².